The van der Waals surface area contributed by atoms with Gasteiger partial charge in [-0.25, -0.2) is 4.98 Å². The van der Waals surface area contributed by atoms with Crippen LogP contribution in [0.5, 0.6) is 0 Å². The van der Waals surface area contributed by atoms with Crippen LogP contribution in [0.15, 0.2) is 40.9 Å². The molecule has 0 spiro atoms. The SMILES string of the molecule is NC(=O)CCC1CCCN(C(=O)CCCc2ncc(-c3ccccc3)o2)C1. The number of aryl methyl sites for hydroxylation is 1. The molecule has 1 aliphatic heterocycles. The highest BCUT2D eigenvalue weighted by atomic mass is 16.4. The lowest BCUT2D eigenvalue weighted by Crippen LogP contribution is -2.40. The minimum absolute atomic E-state index is 0.175. The van der Waals surface area contributed by atoms with Crippen molar-refractivity contribution < 1.29 is 14.0 Å². The van der Waals surface area contributed by atoms with E-state index in [1.807, 2.05) is 35.2 Å². The molecule has 27 heavy (non-hydrogen) atoms. The van der Waals surface area contributed by atoms with Crippen molar-refractivity contribution in [3.63, 3.8) is 0 Å². The predicted octanol–water partition coefficient (Wildman–Crippen LogP) is 3.17. The second kappa shape index (κ2) is 9.35. The number of likely N-dealkylation sites (tertiary alicyclic amines) is 1. The molecular formula is C21H27N3O3. The topological polar surface area (TPSA) is 89.4 Å². The first-order valence-corrected chi connectivity index (χ1v) is 9.68. The molecule has 0 saturated carbocycles. The van der Waals surface area contributed by atoms with E-state index < -0.39 is 0 Å². The predicted molar refractivity (Wildman–Crippen MR) is 103 cm³/mol. The van der Waals surface area contributed by atoms with Crippen molar-refractivity contribution in [1.29, 1.82) is 0 Å². The monoisotopic (exact) mass is 369 g/mol. The van der Waals surface area contributed by atoms with Gasteiger partial charge in [-0.15, -0.1) is 0 Å². The van der Waals surface area contributed by atoms with Crippen molar-refractivity contribution in [2.24, 2.45) is 11.7 Å². The zero-order chi connectivity index (χ0) is 19.1. The van der Waals surface area contributed by atoms with Gasteiger partial charge in [0.25, 0.3) is 0 Å². The van der Waals surface area contributed by atoms with Crippen LogP contribution in [0.1, 0.15) is 44.4 Å². The van der Waals surface area contributed by atoms with Crippen LogP contribution in [0.4, 0.5) is 0 Å². The Bertz CT molecular complexity index is 757. The highest BCUT2D eigenvalue weighted by Gasteiger charge is 2.23. The number of oxazole rings is 1. The van der Waals surface area contributed by atoms with Crippen LogP contribution in [0.3, 0.4) is 0 Å². The van der Waals surface area contributed by atoms with Gasteiger partial charge in [0.1, 0.15) is 0 Å². The molecule has 1 saturated heterocycles. The highest BCUT2D eigenvalue weighted by Crippen LogP contribution is 2.23. The van der Waals surface area contributed by atoms with Crippen molar-refractivity contribution in [2.75, 3.05) is 13.1 Å². The summed E-state index contributed by atoms with van der Waals surface area (Å²) in [7, 11) is 0. The van der Waals surface area contributed by atoms with Gasteiger partial charge in [0.05, 0.1) is 6.20 Å². The zero-order valence-electron chi connectivity index (χ0n) is 15.6. The van der Waals surface area contributed by atoms with E-state index in [2.05, 4.69) is 4.98 Å². The number of hydrogen-bond donors (Lipinski definition) is 1. The number of benzene rings is 1. The fraction of sp³-hybridized carbons (Fsp3) is 0.476. The molecule has 0 bridgehead atoms. The number of nitrogens with zero attached hydrogens (tertiary/aromatic N) is 2. The molecular weight excluding hydrogens is 342 g/mol. The number of hydrogen-bond acceptors (Lipinski definition) is 4. The maximum absolute atomic E-state index is 12.5. The Hall–Kier alpha value is -2.63. The number of primary amides is 1. The molecule has 1 aromatic heterocycles. The summed E-state index contributed by atoms with van der Waals surface area (Å²) < 4.78 is 5.79. The Morgan fingerprint density at radius 1 is 1.22 bits per heavy atom. The van der Waals surface area contributed by atoms with E-state index in [4.69, 9.17) is 10.2 Å². The average molecular weight is 369 g/mol. The maximum Gasteiger partial charge on any atom is 0.222 e. The lowest BCUT2D eigenvalue weighted by molar-refractivity contribution is -0.133. The fourth-order valence-corrected chi connectivity index (χ4v) is 3.58. The molecule has 6 nitrogen and oxygen atoms in total. The van der Waals surface area contributed by atoms with Gasteiger partial charge in [0, 0.05) is 37.9 Å². The first kappa shape index (κ1) is 19.1. The number of amides is 2. The van der Waals surface area contributed by atoms with E-state index in [0.29, 0.717) is 31.1 Å². The normalized spacial score (nSPS) is 17.0. The third-order valence-corrected chi connectivity index (χ3v) is 5.06. The van der Waals surface area contributed by atoms with Gasteiger partial charge in [-0.05, 0) is 31.6 Å². The smallest absolute Gasteiger partial charge is 0.222 e. The molecule has 1 fully saturated rings. The molecule has 1 aromatic carbocycles. The van der Waals surface area contributed by atoms with Crippen LogP contribution in [0, 0.1) is 5.92 Å². The van der Waals surface area contributed by atoms with Gasteiger partial charge in [-0.1, -0.05) is 30.3 Å². The van der Waals surface area contributed by atoms with Gasteiger partial charge in [0.2, 0.25) is 11.8 Å². The van der Waals surface area contributed by atoms with E-state index >= 15 is 0 Å². The summed E-state index contributed by atoms with van der Waals surface area (Å²) in [5.74, 6) is 1.72. The molecule has 2 aromatic rings. The molecule has 1 aliphatic rings. The quantitative estimate of drug-likeness (QED) is 0.774. The Morgan fingerprint density at radius 3 is 2.81 bits per heavy atom. The molecule has 1 unspecified atom stereocenters. The highest BCUT2D eigenvalue weighted by molar-refractivity contribution is 5.76. The largest absolute Gasteiger partial charge is 0.441 e. The number of carbonyl (C=O) groups excluding carboxylic acids is 2. The molecule has 6 heteroatoms. The third-order valence-electron chi connectivity index (χ3n) is 5.06. The molecule has 144 valence electrons. The van der Waals surface area contributed by atoms with E-state index in [1.54, 1.807) is 6.20 Å². The molecule has 2 amide bonds. The minimum atomic E-state index is -0.265. The maximum atomic E-state index is 12.5. The Kier molecular flexibility index (Phi) is 6.63. The number of nitrogens with two attached hydrogens (primary N) is 1. The lowest BCUT2D eigenvalue weighted by Gasteiger charge is -2.32. The van der Waals surface area contributed by atoms with E-state index in [1.165, 1.54) is 0 Å². The zero-order valence-corrected chi connectivity index (χ0v) is 15.6. The summed E-state index contributed by atoms with van der Waals surface area (Å²) in [5, 5.41) is 0. The summed E-state index contributed by atoms with van der Waals surface area (Å²) >= 11 is 0. The Balaban J connectivity index is 1.43. The van der Waals surface area contributed by atoms with Crippen molar-refractivity contribution in [3.8, 4) is 11.3 Å². The van der Waals surface area contributed by atoms with Gasteiger partial charge in [-0.2, -0.15) is 0 Å². The molecule has 3 rings (SSSR count). The van der Waals surface area contributed by atoms with Crippen LogP contribution in [-0.4, -0.2) is 34.8 Å². The Labute approximate surface area is 159 Å². The standard InChI is InChI=1S/C21H27N3O3/c22-19(25)12-11-16-6-5-13-24(15-16)21(26)10-4-9-20-23-14-18(27-20)17-7-2-1-3-8-17/h1-3,7-8,14,16H,4-6,9-13,15H2,(H2,22,25). The number of aromatic nitrogens is 1. The average Bonchev–Trinajstić information content (AvgIpc) is 3.16. The van der Waals surface area contributed by atoms with Crippen LogP contribution < -0.4 is 5.73 Å². The van der Waals surface area contributed by atoms with Crippen molar-refractivity contribution in [2.45, 2.75) is 44.9 Å². The summed E-state index contributed by atoms with van der Waals surface area (Å²) in [6, 6.07) is 9.86. The van der Waals surface area contributed by atoms with Crippen molar-refractivity contribution >= 4 is 11.8 Å². The number of rotatable bonds is 8. The first-order chi connectivity index (χ1) is 13.1. The van der Waals surface area contributed by atoms with Crippen LogP contribution in [0.25, 0.3) is 11.3 Å². The third kappa shape index (κ3) is 5.67. The van der Waals surface area contributed by atoms with Crippen molar-refractivity contribution in [3.05, 3.63) is 42.4 Å². The van der Waals surface area contributed by atoms with E-state index in [9.17, 15) is 9.59 Å². The van der Waals surface area contributed by atoms with Gasteiger partial charge < -0.3 is 15.1 Å². The second-order valence-electron chi connectivity index (χ2n) is 7.19. The molecule has 2 heterocycles. The van der Waals surface area contributed by atoms with E-state index in [-0.39, 0.29) is 11.8 Å². The number of carbonyl (C=O) groups is 2. The summed E-state index contributed by atoms with van der Waals surface area (Å²) in [5.41, 5.74) is 6.23. The van der Waals surface area contributed by atoms with Gasteiger partial charge >= 0.3 is 0 Å². The Morgan fingerprint density at radius 2 is 2.04 bits per heavy atom. The first-order valence-electron chi connectivity index (χ1n) is 9.68. The molecule has 0 radical (unpaired) electrons. The summed E-state index contributed by atoms with van der Waals surface area (Å²) in [6.07, 6.45) is 6.84. The van der Waals surface area contributed by atoms with Crippen LogP contribution in [-0.2, 0) is 16.0 Å². The van der Waals surface area contributed by atoms with Crippen LogP contribution >= 0.6 is 0 Å². The van der Waals surface area contributed by atoms with Gasteiger partial charge in [-0.3, -0.25) is 9.59 Å². The minimum Gasteiger partial charge on any atom is -0.441 e. The van der Waals surface area contributed by atoms with Crippen molar-refractivity contribution in [1.82, 2.24) is 9.88 Å². The lowest BCUT2D eigenvalue weighted by atomic mass is 9.93. The molecule has 0 aliphatic carbocycles. The fourth-order valence-electron chi connectivity index (χ4n) is 3.58. The molecule has 2 N–H and O–H groups in total. The summed E-state index contributed by atoms with van der Waals surface area (Å²) in [6.45, 7) is 1.55. The van der Waals surface area contributed by atoms with E-state index in [0.717, 1.165) is 50.1 Å². The number of piperidine rings is 1. The second-order valence-corrected chi connectivity index (χ2v) is 7.19. The summed E-state index contributed by atoms with van der Waals surface area (Å²) in [4.78, 5) is 29.7. The van der Waals surface area contributed by atoms with Crippen LogP contribution in [0.2, 0.25) is 0 Å². The molecule has 1 atom stereocenters. The van der Waals surface area contributed by atoms with Gasteiger partial charge in [0.15, 0.2) is 11.7 Å².